The third-order valence-corrected chi connectivity index (χ3v) is 12.0. The molecule has 61 heavy (non-hydrogen) atoms. The Hall–Kier alpha value is -5.88. The quantitative estimate of drug-likeness (QED) is 0.135. The summed E-state index contributed by atoms with van der Waals surface area (Å²) in [5.74, 6) is 0.0507. The van der Waals surface area contributed by atoms with Crippen molar-refractivity contribution in [1.29, 1.82) is 0 Å². The normalized spacial score (nSPS) is 24.6. The lowest BCUT2D eigenvalue weighted by Gasteiger charge is -2.38. The summed E-state index contributed by atoms with van der Waals surface area (Å²) < 4.78 is 26.8. The Bertz CT molecular complexity index is 2250. The number of rotatable bonds is 12. The van der Waals surface area contributed by atoms with Gasteiger partial charge >= 0.3 is 30.1 Å². The summed E-state index contributed by atoms with van der Waals surface area (Å²) in [5, 5.41) is 43.5. The molecule has 3 fully saturated rings. The number of nitrogens with zero attached hydrogens (tertiary/aromatic N) is 9. The van der Waals surface area contributed by atoms with Gasteiger partial charge in [0.05, 0.1) is 12.5 Å². The SMILES string of the molecule is COc1nsc(NC(=O)N2C[C@H]3CC(N(C)c4ncnc5c4ccn5C(=O)N(C)CCN(C)C(=O)OCc4ccc(O[C@@H]5O[C@H](C(=O)O)[C@@H](O)[C@H](O)[C@H]5O)c(C)c4)C[C@H]3C2)n1. The predicted octanol–water partition coefficient (Wildman–Crippen LogP) is 1.42. The first-order chi connectivity index (χ1) is 29.1. The minimum Gasteiger partial charge on any atom is -0.479 e. The van der Waals surface area contributed by atoms with Crippen LogP contribution >= 0.6 is 11.5 Å². The molecule has 1 saturated carbocycles. The third kappa shape index (κ3) is 9.10. The van der Waals surface area contributed by atoms with E-state index in [0.717, 1.165) is 29.8 Å². The Morgan fingerprint density at radius 3 is 2.38 bits per heavy atom. The van der Waals surface area contributed by atoms with Gasteiger partial charge in [-0.15, -0.1) is 4.37 Å². The number of carboxylic acid groups (broad SMARTS) is 1. The highest BCUT2D eigenvalue weighted by Crippen LogP contribution is 2.42. The fraction of sp³-hybridized carbons (Fsp3) is 0.526. The fourth-order valence-corrected chi connectivity index (χ4v) is 8.48. The Morgan fingerprint density at radius 2 is 1.70 bits per heavy atom. The molecule has 328 valence electrons. The number of nitrogens with one attached hydrogen (secondary N) is 1. The second kappa shape index (κ2) is 18.0. The van der Waals surface area contributed by atoms with Crippen LogP contribution in [0.2, 0.25) is 0 Å². The van der Waals surface area contributed by atoms with E-state index >= 15 is 0 Å². The van der Waals surface area contributed by atoms with Crippen LogP contribution in [0, 0.1) is 18.8 Å². The maximum Gasteiger partial charge on any atom is 0.409 e. The van der Waals surface area contributed by atoms with E-state index in [-0.39, 0.29) is 49.6 Å². The van der Waals surface area contributed by atoms with Gasteiger partial charge in [0.1, 0.15) is 42.8 Å². The number of carbonyl (C=O) groups is 4. The lowest BCUT2D eigenvalue weighted by atomic mass is 9.99. The van der Waals surface area contributed by atoms with Crippen molar-refractivity contribution in [1.82, 2.24) is 38.6 Å². The number of methoxy groups -OCH3 is 1. The van der Waals surface area contributed by atoms with Gasteiger partial charge in [-0.2, -0.15) is 4.98 Å². The maximum absolute atomic E-state index is 13.6. The number of likely N-dealkylation sites (N-methyl/N-ethyl adjacent to an activating group) is 2. The van der Waals surface area contributed by atoms with Crippen LogP contribution in [0.5, 0.6) is 11.8 Å². The van der Waals surface area contributed by atoms with E-state index in [0.29, 0.717) is 52.6 Å². The summed E-state index contributed by atoms with van der Waals surface area (Å²) in [7, 11) is 6.64. The van der Waals surface area contributed by atoms with E-state index in [1.165, 1.54) is 33.9 Å². The van der Waals surface area contributed by atoms with Crippen molar-refractivity contribution in [3.8, 4) is 11.8 Å². The minimum absolute atomic E-state index is 0.0977. The van der Waals surface area contributed by atoms with E-state index in [9.17, 15) is 39.6 Å². The number of aromatic nitrogens is 5. The molecule has 8 atom stereocenters. The van der Waals surface area contributed by atoms with Gasteiger partial charge in [-0.3, -0.25) is 9.88 Å². The molecule has 4 amide bonds. The second-order valence-electron chi connectivity index (χ2n) is 15.4. The van der Waals surface area contributed by atoms with Crippen LogP contribution in [0.4, 0.5) is 25.3 Å². The lowest BCUT2D eigenvalue weighted by Crippen LogP contribution is -2.61. The van der Waals surface area contributed by atoms with E-state index in [2.05, 4.69) is 29.5 Å². The van der Waals surface area contributed by atoms with Crippen molar-refractivity contribution in [2.75, 3.05) is 64.6 Å². The Morgan fingerprint density at radius 1 is 0.984 bits per heavy atom. The van der Waals surface area contributed by atoms with Crippen molar-refractivity contribution in [3.05, 3.63) is 47.9 Å². The number of amides is 4. The van der Waals surface area contributed by atoms with E-state index in [1.54, 1.807) is 39.3 Å². The number of aliphatic hydroxyl groups is 3. The van der Waals surface area contributed by atoms with Crippen molar-refractivity contribution in [3.63, 3.8) is 0 Å². The van der Waals surface area contributed by atoms with Crippen molar-refractivity contribution >= 4 is 57.6 Å². The minimum atomic E-state index is -1.84. The summed E-state index contributed by atoms with van der Waals surface area (Å²) in [6.07, 6.45) is -4.51. The van der Waals surface area contributed by atoms with Crippen molar-refractivity contribution in [2.45, 2.75) is 63.1 Å². The van der Waals surface area contributed by atoms with Crippen LogP contribution < -0.4 is 19.7 Å². The molecule has 0 radical (unpaired) electrons. The average molecular weight is 869 g/mol. The maximum atomic E-state index is 13.6. The number of aryl methyl sites for hydroxylation is 1. The highest BCUT2D eigenvalue weighted by atomic mass is 32.1. The number of aliphatic hydroxyl groups excluding tert-OH is 3. The molecule has 2 aliphatic heterocycles. The summed E-state index contributed by atoms with van der Waals surface area (Å²) in [6, 6.07) is 6.43. The number of carbonyl (C=O) groups excluding carboxylic acids is 3. The van der Waals surface area contributed by atoms with Gasteiger partial charge in [0, 0.05) is 71.1 Å². The summed E-state index contributed by atoms with van der Waals surface area (Å²) >= 11 is 1.07. The molecular formula is C38H48N10O12S. The molecule has 3 aliphatic rings. The van der Waals surface area contributed by atoms with Gasteiger partial charge in [-0.25, -0.2) is 29.1 Å². The lowest BCUT2D eigenvalue weighted by molar-refractivity contribution is -0.271. The number of carboxylic acids is 1. The second-order valence-corrected chi connectivity index (χ2v) is 16.2. The van der Waals surface area contributed by atoms with Crippen LogP contribution in [0.15, 0.2) is 36.8 Å². The first-order valence-corrected chi connectivity index (χ1v) is 20.2. The molecule has 23 heteroatoms. The molecule has 5 N–H and O–H groups in total. The zero-order chi connectivity index (χ0) is 43.7. The zero-order valence-corrected chi connectivity index (χ0v) is 34.8. The first-order valence-electron chi connectivity index (χ1n) is 19.4. The van der Waals surface area contributed by atoms with Crippen LogP contribution in [-0.4, -0.2) is 174 Å². The van der Waals surface area contributed by atoms with Crippen molar-refractivity contribution < 1.29 is 58.6 Å². The van der Waals surface area contributed by atoms with Crippen LogP contribution in [0.1, 0.15) is 24.0 Å². The van der Waals surface area contributed by atoms with Gasteiger partial charge < -0.3 is 59.0 Å². The number of ether oxygens (including phenoxy) is 4. The number of hydrogen-bond donors (Lipinski definition) is 5. The molecule has 1 unspecified atom stereocenters. The van der Waals surface area contributed by atoms with Crippen LogP contribution in [-0.2, 0) is 20.9 Å². The highest BCUT2D eigenvalue weighted by Gasteiger charge is 2.48. The summed E-state index contributed by atoms with van der Waals surface area (Å²) in [6.45, 7) is 3.19. The topological polar surface area (TPSA) is 268 Å². The molecule has 1 aliphatic carbocycles. The molecule has 0 bridgehead atoms. The standard InChI is InChI=1S/C38H48N10O12S/c1-19-12-20(6-7-25(19)59-33-28(51)26(49)27(50)29(60-33)32(52)53)17-58-38(56)45(3)11-10-44(2)37(55)48-9-8-24-30(39-18-40-31(24)48)46(4)23-13-21-15-47(16-22(21)14-23)36(54)42-35-41-34(57-5)43-61-35/h6-9,12,18,21-23,26-29,33,49-51H,10-11,13-17H2,1-5H3,(H,52,53)(H,41,42,43,54)/t21-,22+,23?,26-,27-,28+,29-,33+/m0/s1. The average Bonchev–Trinajstić information content (AvgIpc) is 4.06. The first kappa shape index (κ1) is 43.2. The Labute approximate surface area is 353 Å². The Balaban J connectivity index is 0.878. The third-order valence-electron chi connectivity index (χ3n) is 11.4. The van der Waals surface area contributed by atoms with Gasteiger partial charge in [0.15, 0.2) is 11.8 Å². The molecule has 2 saturated heterocycles. The summed E-state index contributed by atoms with van der Waals surface area (Å²) in [5.41, 5.74) is 1.59. The predicted molar refractivity (Wildman–Crippen MR) is 215 cm³/mol. The molecular weight excluding hydrogens is 821 g/mol. The molecule has 5 heterocycles. The molecule has 4 aromatic rings. The van der Waals surface area contributed by atoms with Gasteiger partial charge in [0.2, 0.25) is 11.4 Å². The molecule has 3 aromatic heterocycles. The van der Waals surface area contributed by atoms with Crippen LogP contribution in [0.25, 0.3) is 11.0 Å². The van der Waals surface area contributed by atoms with E-state index in [4.69, 9.17) is 18.9 Å². The van der Waals surface area contributed by atoms with Crippen LogP contribution in [0.3, 0.4) is 0 Å². The highest BCUT2D eigenvalue weighted by molar-refractivity contribution is 7.10. The molecule has 22 nitrogen and oxygen atoms in total. The number of urea groups is 1. The fourth-order valence-electron chi connectivity index (χ4n) is 7.94. The van der Waals surface area contributed by atoms with E-state index < -0.39 is 42.8 Å². The number of benzene rings is 1. The summed E-state index contributed by atoms with van der Waals surface area (Å²) in [4.78, 5) is 70.8. The largest absolute Gasteiger partial charge is 0.479 e. The molecule has 7 rings (SSSR count). The number of aliphatic carboxylic acids is 1. The number of fused-ring (bicyclic) bond motifs is 2. The van der Waals surface area contributed by atoms with Gasteiger partial charge in [0.25, 0.3) is 0 Å². The van der Waals surface area contributed by atoms with E-state index in [1.807, 2.05) is 18.0 Å². The molecule has 0 spiro atoms. The smallest absolute Gasteiger partial charge is 0.409 e. The number of anilines is 2. The van der Waals surface area contributed by atoms with Gasteiger partial charge in [-0.1, -0.05) is 6.07 Å². The zero-order valence-electron chi connectivity index (χ0n) is 34.0. The molecule has 1 aromatic carbocycles. The Kier molecular flexibility index (Phi) is 12.7. The number of hydrogen-bond acceptors (Lipinski definition) is 17. The monoisotopic (exact) mass is 868 g/mol. The van der Waals surface area contributed by atoms with Crippen molar-refractivity contribution in [2.24, 2.45) is 11.8 Å². The number of likely N-dealkylation sites (tertiary alicyclic amines) is 1. The van der Waals surface area contributed by atoms with Gasteiger partial charge in [-0.05, 0) is 60.9 Å².